The maximum atomic E-state index is 12.3. The van der Waals surface area contributed by atoms with E-state index in [1.807, 2.05) is 18.2 Å². The van der Waals surface area contributed by atoms with E-state index in [4.69, 9.17) is 16.3 Å². The first kappa shape index (κ1) is 14.9. The molecule has 22 heavy (non-hydrogen) atoms. The number of amides is 1. The number of nitrogens with zero attached hydrogens (tertiary/aromatic N) is 2. The predicted octanol–water partition coefficient (Wildman–Crippen LogP) is 2.89. The fourth-order valence-corrected chi connectivity index (χ4v) is 2.56. The van der Waals surface area contributed by atoms with E-state index in [1.165, 1.54) is 12.8 Å². The van der Waals surface area contributed by atoms with Gasteiger partial charge >= 0.3 is 0 Å². The van der Waals surface area contributed by atoms with E-state index in [0.29, 0.717) is 28.9 Å². The van der Waals surface area contributed by atoms with Crippen LogP contribution in [0.3, 0.4) is 0 Å². The molecule has 0 radical (unpaired) electrons. The van der Waals surface area contributed by atoms with Crippen LogP contribution in [-0.4, -0.2) is 22.8 Å². The molecular formula is C16H18ClN3O2. The third kappa shape index (κ3) is 3.09. The van der Waals surface area contributed by atoms with Gasteiger partial charge in [-0.15, -0.1) is 0 Å². The standard InChI is InChI=1S/C16H18ClN3O2/c1-20-14(8-13(19-20)11-4-5-11)16(21)18-9-10-3-6-12(17)15(7-10)22-2/h3,6-8,11H,4-5,9H2,1-2H3,(H,18,21). The molecule has 1 aromatic carbocycles. The van der Waals surface area contributed by atoms with Gasteiger partial charge in [-0.2, -0.15) is 5.10 Å². The normalized spacial score (nSPS) is 14.0. The van der Waals surface area contributed by atoms with Crippen LogP contribution in [0, 0.1) is 0 Å². The van der Waals surface area contributed by atoms with E-state index in [2.05, 4.69) is 10.4 Å². The third-order valence-corrected chi connectivity index (χ3v) is 4.11. The monoisotopic (exact) mass is 319 g/mol. The summed E-state index contributed by atoms with van der Waals surface area (Å²) < 4.78 is 6.82. The predicted molar refractivity (Wildman–Crippen MR) is 84.4 cm³/mol. The Bertz CT molecular complexity index is 707. The molecule has 5 nitrogen and oxygen atoms in total. The first-order valence-corrected chi connectivity index (χ1v) is 7.61. The number of ether oxygens (including phenoxy) is 1. The molecule has 1 N–H and O–H groups in total. The number of methoxy groups -OCH3 is 1. The molecule has 0 unspecified atom stereocenters. The first-order valence-electron chi connectivity index (χ1n) is 7.23. The fraction of sp³-hybridized carbons (Fsp3) is 0.375. The Morgan fingerprint density at radius 3 is 2.91 bits per heavy atom. The van der Waals surface area contributed by atoms with Crippen LogP contribution < -0.4 is 10.1 Å². The van der Waals surface area contributed by atoms with E-state index >= 15 is 0 Å². The Morgan fingerprint density at radius 1 is 1.45 bits per heavy atom. The molecule has 3 rings (SSSR count). The highest BCUT2D eigenvalue weighted by atomic mass is 35.5. The second kappa shape index (κ2) is 6.01. The highest BCUT2D eigenvalue weighted by molar-refractivity contribution is 6.32. The van der Waals surface area contributed by atoms with Crippen molar-refractivity contribution in [2.75, 3.05) is 7.11 Å². The van der Waals surface area contributed by atoms with Crippen LogP contribution in [-0.2, 0) is 13.6 Å². The van der Waals surface area contributed by atoms with Gasteiger partial charge in [0.15, 0.2) is 0 Å². The summed E-state index contributed by atoms with van der Waals surface area (Å²) in [6.45, 7) is 0.413. The Kier molecular flexibility index (Phi) is 4.07. The topological polar surface area (TPSA) is 56.1 Å². The smallest absolute Gasteiger partial charge is 0.269 e. The van der Waals surface area contributed by atoms with E-state index in [1.54, 1.807) is 24.9 Å². The summed E-state index contributed by atoms with van der Waals surface area (Å²) >= 11 is 5.99. The number of aryl methyl sites for hydroxylation is 1. The summed E-state index contributed by atoms with van der Waals surface area (Å²) in [5.74, 6) is 1.01. The summed E-state index contributed by atoms with van der Waals surface area (Å²) in [4.78, 5) is 12.3. The summed E-state index contributed by atoms with van der Waals surface area (Å²) in [6, 6.07) is 7.33. The van der Waals surface area contributed by atoms with Crippen molar-refractivity contribution in [1.29, 1.82) is 0 Å². The van der Waals surface area contributed by atoms with Gasteiger partial charge in [-0.1, -0.05) is 17.7 Å². The molecule has 0 spiro atoms. The Hall–Kier alpha value is -2.01. The number of nitrogens with one attached hydrogen (secondary N) is 1. The summed E-state index contributed by atoms with van der Waals surface area (Å²) in [7, 11) is 3.37. The number of carbonyl (C=O) groups excluding carboxylic acids is 1. The second-order valence-corrected chi connectivity index (χ2v) is 5.91. The van der Waals surface area contributed by atoms with Crippen molar-refractivity contribution < 1.29 is 9.53 Å². The number of benzene rings is 1. The average molecular weight is 320 g/mol. The number of aromatic nitrogens is 2. The maximum absolute atomic E-state index is 12.3. The van der Waals surface area contributed by atoms with Gasteiger partial charge in [0.05, 0.1) is 17.8 Å². The van der Waals surface area contributed by atoms with Gasteiger partial charge in [0.25, 0.3) is 5.91 Å². The highest BCUT2D eigenvalue weighted by Crippen LogP contribution is 2.39. The summed E-state index contributed by atoms with van der Waals surface area (Å²) in [5, 5.41) is 7.86. The number of rotatable bonds is 5. The quantitative estimate of drug-likeness (QED) is 0.922. The SMILES string of the molecule is COc1cc(CNC(=O)c2cc(C3CC3)nn2C)ccc1Cl. The molecule has 1 aromatic heterocycles. The molecule has 1 heterocycles. The molecule has 1 amide bonds. The minimum Gasteiger partial charge on any atom is -0.495 e. The van der Waals surface area contributed by atoms with E-state index < -0.39 is 0 Å². The van der Waals surface area contributed by atoms with Crippen LogP contribution in [0.5, 0.6) is 5.75 Å². The zero-order chi connectivity index (χ0) is 15.7. The van der Waals surface area contributed by atoms with Crippen molar-refractivity contribution in [3.8, 4) is 5.75 Å². The van der Waals surface area contributed by atoms with Gasteiger partial charge in [-0.25, -0.2) is 0 Å². The van der Waals surface area contributed by atoms with Crippen LogP contribution in [0.15, 0.2) is 24.3 Å². The van der Waals surface area contributed by atoms with Crippen molar-refractivity contribution >= 4 is 17.5 Å². The Morgan fingerprint density at radius 2 is 2.23 bits per heavy atom. The lowest BCUT2D eigenvalue weighted by atomic mass is 10.2. The molecule has 0 aliphatic heterocycles. The Labute approximate surface area is 134 Å². The maximum Gasteiger partial charge on any atom is 0.269 e. The molecule has 0 saturated heterocycles. The van der Waals surface area contributed by atoms with Crippen molar-refractivity contribution in [2.24, 2.45) is 7.05 Å². The van der Waals surface area contributed by atoms with Gasteiger partial charge in [0.2, 0.25) is 0 Å². The lowest BCUT2D eigenvalue weighted by molar-refractivity contribution is 0.0941. The van der Waals surface area contributed by atoms with Gasteiger partial charge in [-0.05, 0) is 36.6 Å². The van der Waals surface area contributed by atoms with Gasteiger partial charge in [-0.3, -0.25) is 9.48 Å². The van der Waals surface area contributed by atoms with Crippen LogP contribution in [0.2, 0.25) is 5.02 Å². The van der Waals surface area contributed by atoms with Gasteiger partial charge in [0.1, 0.15) is 11.4 Å². The number of hydrogen-bond donors (Lipinski definition) is 1. The Balaban J connectivity index is 1.67. The minimum absolute atomic E-state index is 0.129. The molecular weight excluding hydrogens is 302 g/mol. The molecule has 116 valence electrons. The highest BCUT2D eigenvalue weighted by Gasteiger charge is 2.27. The van der Waals surface area contributed by atoms with Crippen LogP contribution >= 0.6 is 11.6 Å². The van der Waals surface area contributed by atoms with Crippen LogP contribution in [0.1, 0.15) is 40.5 Å². The zero-order valence-electron chi connectivity index (χ0n) is 12.6. The van der Waals surface area contributed by atoms with Crippen LogP contribution in [0.25, 0.3) is 0 Å². The molecule has 0 bridgehead atoms. The second-order valence-electron chi connectivity index (χ2n) is 5.50. The number of halogens is 1. The molecule has 1 aliphatic carbocycles. The molecule has 0 atom stereocenters. The molecule has 2 aromatic rings. The molecule has 1 saturated carbocycles. The van der Waals surface area contributed by atoms with Crippen molar-refractivity contribution in [2.45, 2.75) is 25.3 Å². The largest absolute Gasteiger partial charge is 0.495 e. The lowest BCUT2D eigenvalue weighted by Crippen LogP contribution is -2.25. The van der Waals surface area contributed by atoms with Gasteiger partial charge in [0, 0.05) is 19.5 Å². The van der Waals surface area contributed by atoms with E-state index in [0.717, 1.165) is 11.3 Å². The molecule has 6 heteroatoms. The van der Waals surface area contributed by atoms with E-state index in [9.17, 15) is 4.79 Å². The minimum atomic E-state index is -0.129. The van der Waals surface area contributed by atoms with Crippen molar-refractivity contribution in [3.05, 3.63) is 46.2 Å². The third-order valence-electron chi connectivity index (χ3n) is 3.80. The van der Waals surface area contributed by atoms with E-state index in [-0.39, 0.29) is 5.91 Å². The summed E-state index contributed by atoms with van der Waals surface area (Å²) in [6.07, 6.45) is 2.34. The lowest BCUT2D eigenvalue weighted by Gasteiger charge is -2.08. The molecule has 1 aliphatic rings. The number of carbonyl (C=O) groups is 1. The first-order chi connectivity index (χ1) is 10.6. The molecule has 1 fully saturated rings. The fourth-order valence-electron chi connectivity index (χ4n) is 2.37. The number of hydrogen-bond acceptors (Lipinski definition) is 3. The zero-order valence-corrected chi connectivity index (χ0v) is 13.4. The summed E-state index contributed by atoms with van der Waals surface area (Å²) in [5.41, 5.74) is 2.53. The van der Waals surface area contributed by atoms with Crippen molar-refractivity contribution in [3.63, 3.8) is 0 Å². The van der Waals surface area contributed by atoms with Crippen LogP contribution in [0.4, 0.5) is 0 Å². The van der Waals surface area contributed by atoms with Gasteiger partial charge < -0.3 is 10.1 Å². The average Bonchev–Trinajstić information content (AvgIpc) is 3.29. The van der Waals surface area contributed by atoms with Crippen molar-refractivity contribution in [1.82, 2.24) is 15.1 Å².